The van der Waals surface area contributed by atoms with Gasteiger partial charge in [0.1, 0.15) is 5.75 Å². The van der Waals surface area contributed by atoms with Crippen molar-refractivity contribution in [1.82, 2.24) is 14.9 Å². The van der Waals surface area contributed by atoms with E-state index >= 15 is 0 Å². The molecule has 2 aliphatic heterocycles. The summed E-state index contributed by atoms with van der Waals surface area (Å²) in [5.74, 6) is 1.91. The molecule has 1 N–H and O–H groups in total. The molecule has 4 rings (SSSR count). The van der Waals surface area contributed by atoms with E-state index in [2.05, 4.69) is 15.3 Å². The van der Waals surface area contributed by atoms with E-state index in [1.807, 2.05) is 23.1 Å². The minimum Gasteiger partial charge on any atom is -0.496 e. The Bertz CT molecular complexity index is 880. The highest BCUT2D eigenvalue weighted by Gasteiger charge is 2.26. The fourth-order valence-corrected chi connectivity index (χ4v) is 4.21. The number of hydrogen-bond donors (Lipinski definition) is 1. The van der Waals surface area contributed by atoms with Gasteiger partial charge in [-0.05, 0) is 49.4 Å². The van der Waals surface area contributed by atoms with Crippen molar-refractivity contribution in [2.24, 2.45) is 5.92 Å². The molecule has 2 saturated heterocycles. The first-order valence-corrected chi connectivity index (χ1v) is 10.8. The molecule has 160 valence electrons. The van der Waals surface area contributed by atoms with E-state index in [9.17, 15) is 4.79 Å². The van der Waals surface area contributed by atoms with Gasteiger partial charge in [-0.3, -0.25) is 4.79 Å². The molecule has 1 aromatic heterocycles. The number of nitrogens with zero attached hydrogens (tertiary/aromatic N) is 3. The van der Waals surface area contributed by atoms with Gasteiger partial charge in [0, 0.05) is 55.5 Å². The number of halogens is 1. The first kappa shape index (κ1) is 20.9. The lowest BCUT2D eigenvalue weighted by molar-refractivity contribution is -0.133. The van der Waals surface area contributed by atoms with Gasteiger partial charge >= 0.3 is 0 Å². The Labute approximate surface area is 181 Å². The monoisotopic (exact) mass is 430 g/mol. The maximum Gasteiger partial charge on any atom is 0.223 e. The Morgan fingerprint density at radius 3 is 2.87 bits per heavy atom. The number of rotatable bonds is 6. The summed E-state index contributed by atoms with van der Waals surface area (Å²) in [5, 5.41) is 4.05. The molecule has 0 radical (unpaired) electrons. The third-order valence-electron chi connectivity index (χ3n) is 5.76. The third kappa shape index (κ3) is 5.02. The zero-order valence-electron chi connectivity index (χ0n) is 17.1. The average Bonchev–Trinajstić information content (AvgIpc) is 3.27. The molecule has 0 saturated carbocycles. The average molecular weight is 431 g/mol. The number of carbonyl (C=O) groups excluding carboxylic acids is 1. The number of benzene rings is 1. The molecule has 1 amide bonds. The van der Waals surface area contributed by atoms with Crippen molar-refractivity contribution < 1.29 is 14.3 Å². The highest BCUT2D eigenvalue weighted by atomic mass is 35.5. The number of carbonyl (C=O) groups is 1. The van der Waals surface area contributed by atoms with Crippen LogP contribution < -0.4 is 10.1 Å². The number of methoxy groups -OCH3 is 1. The van der Waals surface area contributed by atoms with Crippen LogP contribution >= 0.6 is 11.6 Å². The maximum absolute atomic E-state index is 12.5. The first-order chi connectivity index (χ1) is 14.6. The molecule has 2 aromatic rings. The Hall–Kier alpha value is -2.38. The minimum absolute atomic E-state index is 0.236. The van der Waals surface area contributed by atoms with Gasteiger partial charge in [0.15, 0.2) is 0 Å². The zero-order chi connectivity index (χ0) is 20.9. The van der Waals surface area contributed by atoms with Gasteiger partial charge < -0.3 is 19.7 Å². The predicted octanol–water partition coefficient (Wildman–Crippen LogP) is 3.64. The normalized spacial score (nSPS) is 19.7. The van der Waals surface area contributed by atoms with Crippen molar-refractivity contribution in [2.75, 3.05) is 38.7 Å². The molecule has 8 heteroatoms. The SMILES string of the molecule is COc1ccc(Cl)cc1-c1ccnc(NC2CCN(C(=O)CC3CCOC3)CC2)n1. The van der Waals surface area contributed by atoms with E-state index in [1.165, 1.54) is 0 Å². The summed E-state index contributed by atoms with van der Waals surface area (Å²) in [7, 11) is 1.63. The van der Waals surface area contributed by atoms with E-state index in [0.29, 0.717) is 29.1 Å². The molecule has 30 heavy (non-hydrogen) atoms. The highest BCUT2D eigenvalue weighted by Crippen LogP contribution is 2.31. The van der Waals surface area contributed by atoms with Crippen LogP contribution in [0.15, 0.2) is 30.5 Å². The molecule has 2 fully saturated rings. The fourth-order valence-electron chi connectivity index (χ4n) is 4.03. The summed E-state index contributed by atoms with van der Waals surface area (Å²) in [6, 6.07) is 7.54. The summed E-state index contributed by atoms with van der Waals surface area (Å²) in [4.78, 5) is 23.5. The number of ether oxygens (including phenoxy) is 2. The lowest BCUT2D eigenvalue weighted by Gasteiger charge is -2.33. The van der Waals surface area contributed by atoms with Crippen molar-refractivity contribution >= 4 is 23.5 Å². The molecule has 0 spiro atoms. The lowest BCUT2D eigenvalue weighted by Crippen LogP contribution is -2.43. The topological polar surface area (TPSA) is 76.6 Å². The van der Waals surface area contributed by atoms with E-state index < -0.39 is 0 Å². The second-order valence-electron chi connectivity index (χ2n) is 7.84. The van der Waals surface area contributed by atoms with Gasteiger partial charge in [-0.2, -0.15) is 0 Å². The van der Waals surface area contributed by atoms with Crippen LogP contribution in [0.5, 0.6) is 5.75 Å². The summed E-state index contributed by atoms with van der Waals surface area (Å²) in [6.45, 7) is 3.01. The van der Waals surface area contributed by atoms with E-state index in [4.69, 9.17) is 21.1 Å². The van der Waals surface area contributed by atoms with Crippen LogP contribution in [0.3, 0.4) is 0 Å². The molecule has 1 aromatic carbocycles. The van der Waals surface area contributed by atoms with E-state index in [0.717, 1.165) is 56.8 Å². The molecule has 3 heterocycles. The molecule has 0 bridgehead atoms. The van der Waals surface area contributed by atoms with Crippen LogP contribution in [0.2, 0.25) is 5.02 Å². The zero-order valence-corrected chi connectivity index (χ0v) is 17.9. The largest absolute Gasteiger partial charge is 0.496 e. The van der Waals surface area contributed by atoms with Crippen molar-refractivity contribution in [3.63, 3.8) is 0 Å². The van der Waals surface area contributed by atoms with Gasteiger partial charge in [-0.15, -0.1) is 0 Å². The summed E-state index contributed by atoms with van der Waals surface area (Å²) in [5.41, 5.74) is 1.57. The molecule has 1 atom stereocenters. The Balaban J connectivity index is 1.35. The quantitative estimate of drug-likeness (QED) is 0.754. The fraction of sp³-hybridized carbons (Fsp3) is 0.500. The van der Waals surface area contributed by atoms with Gasteiger partial charge in [0.05, 0.1) is 12.8 Å². The lowest BCUT2D eigenvalue weighted by atomic mass is 10.0. The Kier molecular flexibility index (Phi) is 6.69. The Morgan fingerprint density at radius 2 is 2.13 bits per heavy atom. The Morgan fingerprint density at radius 1 is 1.30 bits per heavy atom. The number of anilines is 1. The number of nitrogens with one attached hydrogen (secondary N) is 1. The summed E-state index contributed by atoms with van der Waals surface area (Å²) < 4.78 is 10.8. The number of aromatic nitrogens is 2. The second kappa shape index (κ2) is 9.62. The molecule has 0 aliphatic carbocycles. The molecule has 7 nitrogen and oxygen atoms in total. The van der Waals surface area contributed by atoms with E-state index in [-0.39, 0.29) is 11.9 Å². The summed E-state index contributed by atoms with van der Waals surface area (Å²) in [6.07, 6.45) is 5.08. The van der Waals surface area contributed by atoms with Crippen LogP contribution in [-0.2, 0) is 9.53 Å². The summed E-state index contributed by atoms with van der Waals surface area (Å²) >= 11 is 6.16. The highest BCUT2D eigenvalue weighted by molar-refractivity contribution is 6.30. The van der Waals surface area contributed by atoms with Crippen LogP contribution in [-0.4, -0.2) is 60.2 Å². The van der Waals surface area contributed by atoms with Crippen molar-refractivity contribution in [2.45, 2.75) is 31.7 Å². The number of piperidine rings is 1. The maximum atomic E-state index is 12.5. The van der Waals surface area contributed by atoms with Gasteiger partial charge in [0.2, 0.25) is 11.9 Å². The van der Waals surface area contributed by atoms with Crippen molar-refractivity contribution in [1.29, 1.82) is 0 Å². The minimum atomic E-state index is 0.236. The predicted molar refractivity (Wildman–Crippen MR) is 116 cm³/mol. The molecular weight excluding hydrogens is 404 g/mol. The number of likely N-dealkylation sites (tertiary alicyclic amines) is 1. The van der Waals surface area contributed by atoms with Gasteiger partial charge in [0.25, 0.3) is 0 Å². The van der Waals surface area contributed by atoms with E-state index in [1.54, 1.807) is 19.4 Å². The van der Waals surface area contributed by atoms with Crippen LogP contribution in [0, 0.1) is 5.92 Å². The number of amides is 1. The molecule has 2 aliphatic rings. The number of hydrogen-bond acceptors (Lipinski definition) is 6. The van der Waals surface area contributed by atoms with Crippen LogP contribution in [0.1, 0.15) is 25.7 Å². The van der Waals surface area contributed by atoms with Crippen LogP contribution in [0.4, 0.5) is 5.95 Å². The van der Waals surface area contributed by atoms with Crippen LogP contribution in [0.25, 0.3) is 11.3 Å². The van der Waals surface area contributed by atoms with Crippen molar-refractivity contribution in [3.8, 4) is 17.0 Å². The van der Waals surface area contributed by atoms with Gasteiger partial charge in [-0.1, -0.05) is 11.6 Å². The first-order valence-electron chi connectivity index (χ1n) is 10.4. The van der Waals surface area contributed by atoms with Gasteiger partial charge in [-0.25, -0.2) is 9.97 Å². The molecule has 1 unspecified atom stereocenters. The van der Waals surface area contributed by atoms with Crippen molar-refractivity contribution in [3.05, 3.63) is 35.5 Å². The molecular formula is C22H27ClN4O3. The second-order valence-corrected chi connectivity index (χ2v) is 8.28. The standard InChI is InChI=1S/C22H27ClN4O3/c1-29-20-3-2-16(23)13-18(20)19-4-8-24-22(26-19)25-17-5-9-27(10-6-17)21(28)12-15-7-11-30-14-15/h2-4,8,13,15,17H,5-7,9-12,14H2,1H3,(H,24,25,26). The third-order valence-corrected chi connectivity index (χ3v) is 6.00. The smallest absolute Gasteiger partial charge is 0.223 e.